The van der Waals surface area contributed by atoms with Gasteiger partial charge in [-0.1, -0.05) is 0 Å². The van der Waals surface area contributed by atoms with Crippen LogP contribution in [0, 0.1) is 13.8 Å². The first kappa shape index (κ1) is 9.79. The van der Waals surface area contributed by atoms with Crippen molar-refractivity contribution < 1.29 is 0 Å². The molecule has 0 bridgehead atoms. The molecular formula is C10H13N5. The molecule has 0 spiro atoms. The van der Waals surface area contributed by atoms with E-state index in [0.29, 0.717) is 6.54 Å². The van der Waals surface area contributed by atoms with E-state index >= 15 is 0 Å². The van der Waals surface area contributed by atoms with E-state index in [1.165, 1.54) is 6.33 Å². The van der Waals surface area contributed by atoms with E-state index in [0.717, 1.165) is 22.8 Å². The highest BCUT2D eigenvalue weighted by Gasteiger charge is 2.11. The second-order valence-corrected chi connectivity index (χ2v) is 3.33. The van der Waals surface area contributed by atoms with Gasteiger partial charge in [-0.2, -0.15) is 5.10 Å². The van der Waals surface area contributed by atoms with Gasteiger partial charge in [-0.3, -0.25) is 0 Å². The molecule has 0 aliphatic heterocycles. The highest BCUT2D eigenvalue weighted by Crippen LogP contribution is 2.15. The van der Waals surface area contributed by atoms with Gasteiger partial charge in [0.05, 0.1) is 5.69 Å². The predicted molar refractivity (Wildman–Crippen MR) is 56.5 cm³/mol. The van der Waals surface area contributed by atoms with Crippen LogP contribution in [0.3, 0.4) is 0 Å². The van der Waals surface area contributed by atoms with Gasteiger partial charge in [0, 0.05) is 30.1 Å². The fraction of sp³-hybridized carbons (Fsp3) is 0.300. The smallest absolute Gasteiger partial charge is 0.156 e. The van der Waals surface area contributed by atoms with Gasteiger partial charge < -0.3 is 5.73 Å². The molecule has 0 aliphatic carbocycles. The van der Waals surface area contributed by atoms with Gasteiger partial charge in [0.25, 0.3) is 0 Å². The van der Waals surface area contributed by atoms with Crippen molar-refractivity contribution in [1.82, 2.24) is 19.7 Å². The van der Waals surface area contributed by atoms with Gasteiger partial charge in [-0.15, -0.1) is 0 Å². The summed E-state index contributed by atoms with van der Waals surface area (Å²) in [6.07, 6.45) is 3.20. The predicted octanol–water partition coefficient (Wildman–Crippen LogP) is 0.738. The summed E-state index contributed by atoms with van der Waals surface area (Å²) in [6, 6.07) is 1.82. The molecule has 0 atom stereocenters. The van der Waals surface area contributed by atoms with Gasteiger partial charge in [0.2, 0.25) is 0 Å². The van der Waals surface area contributed by atoms with Crippen LogP contribution in [0.4, 0.5) is 0 Å². The summed E-state index contributed by atoms with van der Waals surface area (Å²) < 4.78 is 1.79. The summed E-state index contributed by atoms with van der Waals surface area (Å²) in [6.45, 7) is 4.44. The van der Waals surface area contributed by atoms with Crippen LogP contribution in [-0.4, -0.2) is 19.7 Å². The Morgan fingerprint density at radius 1 is 1.40 bits per heavy atom. The van der Waals surface area contributed by atoms with Crippen molar-refractivity contribution in [2.45, 2.75) is 20.4 Å². The topological polar surface area (TPSA) is 69.6 Å². The zero-order valence-electron chi connectivity index (χ0n) is 8.81. The van der Waals surface area contributed by atoms with Crippen molar-refractivity contribution in [3.63, 3.8) is 0 Å². The summed E-state index contributed by atoms with van der Waals surface area (Å²) in [5.74, 6) is 0.769. The van der Waals surface area contributed by atoms with Crippen LogP contribution in [-0.2, 0) is 6.54 Å². The zero-order valence-corrected chi connectivity index (χ0v) is 8.81. The van der Waals surface area contributed by atoms with E-state index in [1.54, 1.807) is 10.9 Å². The Hall–Kier alpha value is -1.75. The van der Waals surface area contributed by atoms with E-state index in [2.05, 4.69) is 15.1 Å². The lowest BCUT2D eigenvalue weighted by Crippen LogP contribution is -2.03. The number of nitrogens with zero attached hydrogens (tertiary/aromatic N) is 4. The van der Waals surface area contributed by atoms with Crippen molar-refractivity contribution in [2.24, 2.45) is 5.73 Å². The number of hydrogen-bond donors (Lipinski definition) is 1. The van der Waals surface area contributed by atoms with E-state index in [9.17, 15) is 0 Å². The molecule has 2 heterocycles. The zero-order chi connectivity index (χ0) is 10.8. The SMILES string of the molecule is Cc1nn(-c2ccncn2)c(C)c1CN. The van der Waals surface area contributed by atoms with Gasteiger partial charge in [0.1, 0.15) is 6.33 Å². The Bertz CT molecular complexity index is 460. The van der Waals surface area contributed by atoms with Crippen molar-refractivity contribution in [3.8, 4) is 5.82 Å². The molecule has 2 aromatic heterocycles. The summed E-state index contributed by atoms with van der Waals surface area (Å²) in [5.41, 5.74) is 8.72. The maximum atomic E-state index is 5.66. The van der Waals surface area contributed by atoms with Crippen molar-refractivity contribution in [1.29, 1.82) is 0 Å². The molecule has 0 aliphatic rings. The van der Waals surface area contributed by atoms with Crippen molar-refractivity contribution in [3.05, 3.63) is 35.5 Å². The first-order valence-corrected chi connectivity index (χ1v) is 4.75. The average Bonchev–Trinajstić information content (AvgIpc) is 2.55. The third-order valence-corrected chi connectivity index (χ3v) is 2.43. The molecule has 5 nitrogen and oxygen atoms in total. The van der Waals surface area contributed by atoms with Gasteiger partial charge in [-0.05, 0) is 13.8 Å². The fourth-order valence-electron chi connectivity index (χ4n) is 1.60. The second kappa shape index (κ2) is 3.78. The molecule has 2 aromatic rings. The summed E-state index contributed by atoms with van der Waals surface area (Å²) in [7, 11) is 0. The molecular weight excluding hydrogens is 190 g/mol. The van der Waals surface area contributed by atoms with E-state index < -0.39 is 0 Å². The van der Waals surface area contributed by atoms with Crippen LogP contribution in [0.1, 0.15) is 17.0 Å². The van der Waals surface area contributed by atoms with Crippen LogP contribution >= 0.6 is 0 Å². The average molecular weight is 203 g/mol. The number of nitrogens with two attached hydrogens (primary N) is 1. The Morgan fingerprint density at radius 2 is 2.20 bits per heavy atom. The number of hydrogen-bond acceptors (Lipinski definition) is 4. The molecule has 78 valence electrons. The van der Waals surface area contributed by atoms with Crippen LogP contribution in [0.25, 0.3) is 5.82 Å². The first-order chi connectivity index (χ1) is 7.24. The van der Waals surface area contributed by atoms with Crippen LogP contribution in [0.15, 0.2) is 18.6 Å². The monoisotopic (exact) mass is 203 g/mol. The molecule has 2 rings (SSSR count). The standard InChI is InChI=1S/C10H13N5/c1-7-9(5-11)8(2)15(14-7)10-3-4-12-6-13-10/h3-4,6H,5,11H2,1-2H3. The lowest BCUT2D eigenvalue weighted by Gasteiger charge is -2.02. The minimum atomic E-state index is 0.503. The van der Waals surface area contributed by atoms with E-state index in [4.69, 9.17) is 5.73 Å². The lowest BCUT2D eigenvalue weighted by atomic mass is 10.2. The second-order valence-electron chi connectivity index (χ2n) is 3.33. The normalized spacial score (nSPS) is 10.6. The van der Waals surface area contributed by atoms with Gasteiger partial charge >= 0.3 is 0 Å². The fourth-order valence-corrected chi connectivity index (χ4v) is 1.60. The quantitative estimate of drug-likeness (QED) is 0.781. The van der Waals surface area contributed by atoms with Crippen molar-refractivity contribution >= 4 is 0 Å². The lowest BCUT2D eigenvalue weighted by molar-refractivity contribution is 0.799. The molecule has 0 radical (unpaired) electrons. The molecule has 15 heavy (non-hydrogen) atoms. The molecule has 0 saturated heterocycles. The Balaban J connectivity index is 2.55. The molecule has 0 amide bonds. The highest BCUT2D eigenvalue weighted by atomic mass is 15.3. The van der Waals surface area contributed by atoms with Crippen molar-refractivity contribution in [2.75, 3.05) is 0 Å². The van der Waals surface area contributed by atoms with E-state index in [1.807, 2.05) is 19.9 Å². The number of rotatable bonds is 2. The maximum Gasteiger partial charge on any atom is 0.156 e. The Kier molecular flexibility index (Phi) is 2.47. The maximum absolute atomic E-state index is 5.66. The molecule has 5 heteroatoms. The first-order valence-electron chi connectivity index (χ1n) is 4.75. The van der Waals surface area contributed by atoms with Gasteiger partial charge in [0.15, 0.2) is 5.82 Å². The van der Waals surface area contributed by atoms with E-state index in [-0.39, 0.29) is 0 Å². The van der Waals surface area contributed by atoms with Crippen LogP contribution in [0.5, 0.6) is 0 Å². The number of aryl methyl sites for hydroxylation is 1. The highest BCUT2D eigenvalue weighted by molar-refractivity contribution is 5.31. The Morgan fingerprint density at radius 3 is 2.73 bits per heavy atom. The molecule has 0 unspecified atom stereocenters. The third-order valence-electron chi connectivity index (χ3n) is 2.43. The minimum absolute atomic E-state index is 0.503. The molecule has 0 fully saturated rings. The minimum Gasteiger partial charge on any atom is -0.326 e. The summed E-state index contributed by atoms with van der Waals surface area (Å²) >= 11 is 0. The summed E-state index contributed by atoms with van der Waals surface area (Å²) in [5, 5.41) is 4.40. The third kappa shape index (κ3) is 1.61. The van der Waals surface area contributed by atoms with Gasteiger partial charge in [-0.25, -0.2) is 14.6 Å². The molecule has 0 saturated carbocycles. The van der Waals surface area contributed by atoms with Crippen LogP contribution in [0.2, 0.25) is 0 Å². The summed E-state index contributed by atoms with van der Waals surface area (Å²) in [4.78, 5) is 8.02. The largest absolute Gasteiger partial charge is 0.326 e. The molecule has 2 N–H and O–H groups in total. The Labute approximate surface area is 88.0 Å². The molecule has 0 aromatic carbocycles. The number of aromatic nitrogens is 4. The van der Waals surface area contributed by atoms with Crippen LogP contribution < -0.4 is 5.73 Å².